The summed E-state index contributed by atoms with van der Waals surface area (Å²) >= 11 is 0. The molecule has 0 amide bonds. The highest BCUT2D eigenvalue weighted by Gasteiger charge is 2.25. The number of hydrogen-bond donors (Lipinski definition) is 2. The van der Waals surface area contributed by atoms with Crippen LogP contribution in [0.15, 0.2) is 72.9 Å². The number of allylic oxidation sites excluding steroid dienone is 12. The van der Waals surface area contributed by atoms with E-state index in [4.69, 9.17) is 24.3 Å². The lowest BCUT2D eigenvalue weighted by Gasteiger charge is -2.20. The first kappa shape index (κ1) is 54.9. The van der Waals surface area contributed by atoms with Crippen LogP contribution in [0.4, 0.5) is 0 Å². The molecular formula is C48H86NO7P. The normalized spacial score (nSPS) is 14.1. The Morgan fingerprint density at radius 2 is 0.982 bits per heavy atom. The highest BCUT2D eigenvalue weighted by molar-refractivity contribution is 7.47. The third-order valence-corrected chi connectivity index (χ3v) is 10.3. The lowest BCUT2D eigenvalue weighted by molar-refractivity contribution is -0.154. The zero-order valence-electron chi connectivity index (χ0n) is 36.6. The third kappa shape index (κ3) is 44.9. The van der Waals surface area contributed by atoms with E-state index in [9.17, 15) is 14.3 Å². The number of phosphoric acid groups is 1. The highest BCUT2D eigenvalue weighted by Crippen LogP contribution is 2.43. The molecule has 0 fully saturated rings. The van der Waals surface area contributed by atoms with Crippen LogP contribution in [0.3, 0.4) is 0 Å². The minimum absolute atomic E-state index is 0.0932. The van der Waals surface area contributed by atoms with Crippen LogP contribution in [0.5, 0.6) is 0 Å². The predicted octanol–water partition coefficient (Wildman–Crippen LogP) is 13.9. The molecule has 0 aliphatic heterocycles. The first-order chi connectivity index (χ1) is 27.9. The molecule has 8 nitrogen and oxygen atoms in total. The zero-order valence-corrected chi connectivity index (χ0v) is 37.4. The first-order valence-electron chi connectivity index (χ1n) is 22.9. The molecule has 0 bridgehead atoms. The Morgan fingerprint density at radius 1 is 0.544 bits per heavy atom. The third-order valence-electron chi connectivity index (χ3n) is 9.36. The molecule has 0 aromatic carbocycles. The molecule has 0 saturated carbocycles. The smallest absolute Gasteiger partial charge is 0.457 e. The van der Waals surface area contributed by atoms with Crippen molar-refractivity contribution in [1.82, 2.24) is 0 Å². The van der Waals surface area contributed by atoms with E-state index >= 15 is 0 Å². The fourth-order valence-corrected chi connectivity index (χ4v) is 6.78. The van der Waals surface area contributed by atoms with Gasteiger partial charge >= 0.3 is 13.8 Å². The minimum atomic E-state index is -4.29. The summed E-state index contributed by atoms with van der Waals surface area (Å²) in [6.45, 7) is 4.75. The quantitative estimate of drug-likeness (QED) is 0.0270. The van der Waals surface area contributed by atoms with Crippen molar-refractivity contribution in [2.24, 2.45) is 5.73 Å². The highest BCUT2D eigenvalue weighted by atomic mass is 31.2. The average molecular weight is 820 g/mol. The van der Waals surface area contributed by atoms with E-state index < -0.39 is 13.9 Å². The van der Waals surface area contributed by atoms with Crippen molar-refractivity contribution < 1.29 is 32.8 Å². The second kappa shape index (κ2) is 45.0. The van der Waals surface area contributed by atoms with Crippen molar-refractivity contribution in [3.05, 3.63) is 72.9 Å². The fourth-order valence-electron chi connectivity index (χ4n) is 6.02. The summed E-state index contributed by atoms with van der Waals surface area (Å²) in [5, 5.41) is 0. The minimum Gasteiger partial charge on any atom is -0.457 e. The maximum Gasteiger partial charge on any atom is 0.472 e. The number of carbonyl (C=O) groups excluding carboxylic acids is 1. The average Bonchev–Trinajstić information content (AvgIpc) is 3.20. The second-order valence-electron chi connectivity index (χ2n) is 14.9. The van der Waals surface area contributed by atoms with Gasteiger partial charge in [-0.1, -0.05) is 170 Å². The maximum absolute atomic E-state index is 12.6. The lowest BCUT2D eigenvalue weighted by atomic mass is 10.1. The Kier molecular flexibility index (Phi) is 43.4. The van der Waals surface area contributed by atoms with Crippen LogP contribution in [0.1, 0.15) is 187 Å². The zero-order chi connectivity index (χ0) is 41.6. The topological polar surface area (TPSA) is 117 Å². The van der Waals surface area contributed by atoms with Gasteiger partial charge in [0.25, 0.3) is 0 Å². The van der Waals surface area contributed by atoms with Crippen molar-refractivity contribution >= 4 is 13.8 Å². The number of unbranched alkanes of at least 4 members (excludes halogenated alkanes) is 18. The summed E-state index contributed by atoms with van der Waals surface area (Å²) in [7, 11) is -4.29. The Labute approximate surface area is 350 Å². The number of nitrogens with two attached hydrogens (primary N) is 1. The summed E-state index contributed by atoms with van der Waals surface area (Å²) in [5.74, 6) is -0.348. The molecule has 2 atom stereocenters. The molecule has 0 aliphatic carbocycles. The number of rotatable bonds is 43. The van der Waals surface area contributed by atoms with Gasteiger partial charge in [-0.25, -0.2) is 4.57 Å². The van der Waals surface area contributed by atoms with Crippen LogP contribution in [0, 0.1) is 0 Å². The Balaban J connectivity index is 4.06. The van der Waals surface area contributed by atoms with Gasteiger partial charge in [0.2, 0.25) is 0 Å². The number of carbonyl (C=O) groups is 1. The molecule has 330 valence electrons. The van der Waals surface area contributed by atoms with E-state index in [0.717, 1.165) is 77.0 Å². The molecule has 0 rings (SSSR count). The van der Waals surface area contributed by atoms with Gasteiger partial charge < -0.3 is 20.1 Å². The molecule has 0 saturated heterocycles. The van der Waals surface area contributed by atoms with Crippen molar-refractivity contribution in [3.63, 3.8) is 0 Å². The summed E-state index contributed by atoms with van der Waals surface area (Å²) in [6, 6.07) is 0. The molecule has 0 heterocycles. The number of ether oxygens (including phenoxy) is 2. The maximum atomic E-state index is 12.6. The fraction of sp³-hybridized carbons (Fsp3) is 0.729. The van der Waals surface area contributed by atoms with Gasteiger partial charge in [0, 0.05) is 19.6 Å². The van der Waals surface area contributed by atoms with Crippen molar-refractivity contribution in [1.29, 1.82) is 0 Å². The van der Waals surface area contributed by atoms with Gasteiger partial charge in [0.05, 0.1) is 19.8 Å². The molecule has 0 spiro atoms. The van der Waals surface area contributed by atoms with Gasteiger partial charge in [0.1, 0.15) is 6.10 Å². The molecule has 0 radical (unpaired) electrons. The largest absolute Gasteiger partial charge is 0.472 e. The van der Waals surface area contributed by atoms with Crippen LogP contribution in [-0.2, 0) is 27.9 Å². The van der Waals surface area contributed by atoms with Crippen LogP contribution < -0.4 is 5.73 Å². The molecule has 57 heavy (non-hydrogen) atoms. The predicted molar refractivity (Wildman–Crippen MR) is 242 cm³/mol. The van der Waals surface area contributed by atoms with Crippen molar-refractivity contribution in [2.75, 3.05) is 33.0 Å². The van der Waals surface area contributed by atoms with Gasteiger partial charge in [0.15, 0.2) is 0 Å². The Morgan fingerprint density at radius 3 is 1.47 bits per heavy atom. The molecule has 2 unspecified atom stereocenters. The van der Waals surface area contributed by atoms with Crippen molar-refractivity contribution in [3.8, 4) is 0 Å². The van der Waals surface area contributed by atoms with Crippen LogP contribution in [0.25, 0.3) is 0 Å². The molecule has 0 aromatic heterocycles. The number of esters is 1. The van der Waals surface area contributed by atoms with E-state index in [1.807, 2.05) is 0 Å². The van der Waals surface area contributed by atoms with Gasteiger partial charge in [-0.2, -0.15) is 0 Å². The van der Waals surface area contributed by atoms with Crippen LogP contribution >= 0.6 is 7.82 Å². The first-order valence-corrected chi connectivity index (χ1v) is 24.4. The van der Waals surface area contributed by atoms with E-state index in [1.54, 1.807) is 0 Å². The van der Waals surface area contributed by atoms with Crippen LogP contribution in [-0.4, -0.2) is 49.9 Å². The van der Waals surface area contributed by atoms with Gasteiger partial charge in [-0.3, -0.25) is 13.8 Å². The molecule has 3 N–H and O–H groups in total. The summed E-state index contributed by atoms with van der Waals surface area (Å²) in [4.78, 5) is 22.5. The SMILES string of the molecule is CC/C=C\C/C=C\C/C=C\C/C=C\CCCCCCCCC(=O)OC(COCCCCCCCCCC/C=C\C/C=C\CCCCCC)COP(=O)(O)OCCN. The van der Waals surface area contributed by atoms with Crippen LogP contribution in [0.2, 0.25) is 0 Å². The summed E-state index contributed by atoms with van der Waals surface area (Å²) in [6.07, 6.45) is 56.3. The molecule has 0 aromatic rings. The monoisotopic (exact) mass is 820 g/mol. The Hall–Kier alpha value is -2.06. The van der Waals surface area contributed by atoms with E-state index in [-0.39, 0.29) is 32.3 Å². The van der Waals surface area contributed by atoms with E-state index in [1.165, 1.54) is 89.9 Å². The standard InChI is InChI=1S/C48H86NO7P/c1-3-5-7-9-11-13-15-17-19-21-23-25-27-29-31-33-35-37-39-41-48(50)56-47(46-55-57(51,52)54-44-42-49)45-53-43-40-38-36-34-32-30-28-26-24-22-20-18-16-14-12-10-8-6-4-2/h5,7,11,13-14,16-17,19-20,22-23,25,47H,3-4,6,8-10,12,15,18,21,24,26-46,49H2,1-2H3,(H,51,52)/b7-5-,13-11-,16-14-,19-17-,22-20-,25-23-. The van der Waals surface area contributed by atoms with E-state index in [0.29, 0.717) is 13.0 Å². The molecular weight excluding hydrogens is 734 g/mol. The number of phosphoric ester groups is 1. The summed E-state index contributed by atoms with van der Waals surface area (Å²) < 4.78 is 33.5. The van der Waals surface area contributed by atoms with E-state index in [2.05, 4.69) is 86.8 Å². The molecule has 0 aliphatic rings. The van der Waals surface area contributed by atoms with Crippen molar-refractivity contribution in [2.45, 2.75) is 193 Å². The molecule has 9 heteroatoms. The Bertz CT molecular complexity index is 1100. The van der Waals surface area contributed by atoms with Gasteiger partial charge in [-0.15, -0.1) is 0 Å². The summed E-state index contributed by atoms with van der Waals surface area (Å²) in [5.41, 5.74) is 5.37. The van der Waals surface area contributed by atoms with Gasteiger partial charge in [-0.05, 0) is 83.5 Å². The lowest BCUT2D eigenvalue weighted by Crippen LogP contribution is -2.28. The number of hydrogen-bond acceptors (Lipinski definition) is 7. The second-order valence-corrected chi connectivity index (χ2v) is 16.3.